The van der Waals surface area contributed by atoms with E-state index in [9.17, 15) is 14.0 Å². The Bertz CT molecular complexity index is 895. The Balaban J connectivity index is 1.68. The first kappa shape index (κ1) is 25.3. The summed E-state index contributed by atoms with van der Waals surface area (Å²) in [5, 5.41) is 3.19. The summed E-state index contributed by atoms with van der Waals surface area (Å²) in [5.41, 5.74) is 3.20. The summed E-state index contributed by atoms with van der Waals surface area (Å²) in [5.74, 6) is 0.571. The number of amides is 2. The maximum Gasteiger partial charge on any atom is 0.243 e. The second-order valence-corrected chi connectivity index (χ2v) is 9.88. The molecule has 1 N–H and O–H groups in total. The van der Waals surface area contributed by atoms with Gasteiger partial charge in [-0.15, -0.1) is 11.8 Å². The summed E-state index contributed by atoms with van der Waals surface area (Å²) in [6.07, 6.45) is 6.03. The highest BCUT2D eigenvalue weighted by molar-refractivity contribution is 7.99. The molecule has 1 unspecified atom stereocenters. The standard InChI is InChI=1S/C27H35FN2O2S/c1-3-25(27(32)29-24-7-5-4-6-8-24)30(17-21-13-15-23(28)16-14-21)26(31)19-33-18-22-11-9-20(2)10-12-22/h9-16,24-25H,3-8,17-19H2,1-2H3,(H,29,32). The van der Waals surface area contributed by atoms with Crippen molar-refractivity contribution in [3.63, 3.8) is 0 Å². The van der Waals surface area contributed by atoms with Gasteiger partial charge in [0, 0.05) is 18.3 Å². The molecule has 1 aliphatic carbocycles. The van der Waals surface area contributed by atoms with Gasteiger partial charge in [0.2, 0.25) is 11.8 Å². The van der Waals surface area contributed by atoms with Gasteiger partial charge in [-0.25, -0.2) is 4.39 Å². The molecule has 2 amide bonds. The third kappa shape index (κ3) is 7.88. The van der Waals surface area contributed by atoms with Gasteiger partial charge in [-0.05, 0) is 49.4 Å². The molecule has 0 aromatic heterocycles. The van der Waals surface area contributed by atoms with Gasteiger partial charge in [0.25, 0.3) is 0 Å². The highest BCUT2D eigenvalue weighted by Gasteiger charge is 2.30. The van der Waals surface area contributed by atoms with E-state index in [1.807, 2.05) is 6.92 Å². The molecule has 1 aliphatic rings. The fraction of sp³-hybridized carbons (Fsp3) is 0.481. The van der Waals surface area contributed by atoms with Crippen molar-refractivity contribution < 1.29 is 14.0 Å². The molecular weight excluding hydrogens is 435 g/mol. The topological polar surface area (TPSA) is 49.4 Å². The normalized spacial score (nSPS) is 15.1. The van der Waals surface area contributed by atoms with Crippen molar-refractivity contribution in [3.8, 4) is 0 Å². The van der Waals surface area contributed by atoms with Crippen LogP contribution in [0.1, 0.15) is 62.1 Å². The predicted octanol–water partition coefficient (Wildman–Crippen LogP) is 5.62. The van der Waals surface area contributed by atoms with Crippen LogP contribution in [0.5, 0.6) is 0 Å². The van der Waals surface area contributed by atoms with Crippen LogP contribution in [-0.4, -0.2) is 34.6 Å². The van der Waals surface area contributed by atoms with Crippen LogP contribution in [0.2, 0.25) is 0 Å². The van der Waals surface area contributed by atoms with E-state index < -0.39 is 6.04 Å². The summed E-state index contributed by atoms with van der Waals surface area (Å²) in [6, 6.07) is 14.1. The van der Waals surface area contributed by atoms with E-state index in [0.29, 0.717) is 18.7 Å². The van der Waals surface area contributed by atoms with Gasteiger partial charge < -0.3 is 10.2 Å². The fourth-order valence-corrected chi connectivity index (χ4v) is 5.14. The first-order valence-corrected chi connectivity index (χ1v) is 13.1. The Hall–Kier alpha value is -2.34. The summed E-state index contributed by atoms with van der Waals surface area (Å²) in [6.45, 7) is 4.29. The highest BCUT2D eigenvalue weighted by atomic mass is 32.2. The monoisotopic (exact) mass is 470 g/mol. The number of aryl methyl sites for hydroxylation is 1. The van der Waals surface area contributed by atoms with E-state index in [0.717, 1.165) is 37.0 Å². The van der Waals surface area contributed by atoms with Crippen LogP contribution in [0.15, 0.2) is 48.5 Å². The molecule has 0 heterocycles. The molecule has 2 aromatic rings. The molecule has 3 rings (SSSR count). The van der Waals surface area contributed by atoms with Crippen molar-refractivity contribution in [1.82, 2.24) is 10.2 Å². The smallest absolute Gasteiger partial charge is 0.243 e. The molecule has 0 bridgehead atoms. The number of rotatable bonds is 10. The molecule has 0 radical (unpaired) electrons. The van der Waals surface area contributed by atoms with Crippen molar-refractivity contribution in [3.05, 3.63) is 71.0 Å². The molecule has 178 valence electrons. The lowest BCUT2D eigenvalue weighted by atomic mass is 9.95. The van der Waals surface area contributed by atoms with Crippen LogP contribution in [-0.2, 0) is 21.9 Å². The lowest BCUT2D eigenvalue weighted by Gasteiger charge is -2.32. The highest BCUT2D eigenvalue weighted by Crippen LogP contribution is 2.20. The van der Waals surface area contributed by atoms with Crippen LogP contribution >= 0.6 is 11.8 Å². The third-order valence-electron chi connectivity index (χ3n) is 6.22. The number of thioether (sulfide) groups is 1. The van der Waals surface area contributed by atoms with Crippen molar-refractivity contribution in [2.75, 3.05) is 5.75 Å². The zero-order valence-corrected chi connectivity index (χ0v) is 20.5. The van der Waals surface area contributed by atoms with Crippen molar-refractivity contribution in [2.45, 2.75) is 76.8 Å². The van der Waals surface area contributed by atoms with Gasteiger partial charge in [0.1, 0.15) is 11.9 Å². The molecular formula is C27H35FN2O2S. The lowest BCUT2D eigenvalue weighted by molar-refractivity contribution is -0.139. The Morgan fingerprint density at radius 1 is 1.03 bits per heavy atom. The molecule has 2 aromatic carbocycles. The second-order valence-electron chi connectivity index (χ2n) is 8.89. The van der Waals surface area contributed by atoms with E-state index >= 15 is 0 Å². The number of nitrogens with one attached hydrogen (secondary N) is 1. The summed E-state index contributed by atoms with van der Waals surface area (Å²) < 4.78 is 13.4. The van der Waals surface area contributed by atoms with Gasteiger partial charge in [-0.3, -0.25) is 9.59 Å². The van der Waals surface area contributed by atoms with Crippen molar-refractivity contribution in [1.29, 1.82) is 0 Å². The van der Waals surface area contributed by atoms with Crippen molar-refractivity contribution in [2.24, 2.45) is 0 Å². The van der Waals surface area contributed by atoms with E-state index in [2.05, 4.69) is 36.5 Å². The van der Waals surface area contributed by atoms with E-state index in [4.69, 9.17) is 0 Å². The molecule has 0 aliphatic heterocycles. The maximum atomic E-state index is 13.4. The van der Waals surface area contributed by atoms with Gasteiger partial charge >= 0.3 is 0 Å². The Morgan fingerprint density at radius 3 is 2.30 bits per heavy atom. The number of hydrogen-bond donors (Lipinski definition) is 1. The zero-order valence-electron chi connectivity index (χ0n) is 19.7. The summed E-state index contributed by atoms with van der Waals surface area (Å²) in [7, 11) is 0. The molecule has 1 saturated carbocycles. The average molecular weight is 471 g/mol. The van der Waals surface area contributed by atoms with Gasteiger partial charge in [0.05, 0.1) is 5.75 Å². The number of carbonyl (C=O) groups is 2. The van der Waals surface area contributed by atoms with Crippen LogP contribution in [0, 0.1) is 12.7 Å². The first-order chi connectivity index (χ1) is 16.0. The molecule has 1 atom stereocenters. The quantitative estimate of drug-likeness (QED) is 0.490. The molecule has 6 heteroatoms. The minimum atomic E-state index is -0.538. The maximum absolute atomic E-state index is 13.4. The van der Waals surface area contributed by atoms with Crippen LogP contribution in [0.4, 0.5) is 4.39 Å². The van der Waals surface area contributed by atoms with E-state index in [-0.39, 0.29) is 23.7 Å². The van der Waals surface area contributed by atoms with Gasteiger partial charge in [-0.2, -0.15) is 0 Å². The van der Waals surface area contributed by atoms with Gasteiger partial charge in [0.15, 0.2) is 0 Å². The first-order valence-electron chi connectivity index (χ1n) is 11.9. The Labute approximate surface area is 201 Å². The molecule has 4 nitrogen and oxygen atoms in total. The van der Waals surface area contributed by atoms with E-state index in [1.165, 1.54) is 29.7 Å². The summed E-state index contributed by atoms with van der Waals surface area (Å²) in [4.78, 5) is 28.2. The minimum absolute atomic E-state index is 0.0675. The lowest BCUT2D eigenvalue weighted by Crippen LogP contribution is -2.52. The SMILES string of the molecule is CCC(C(=O)NC1CCCCC1)N(Cc1ccc(F)cc1)C(=O)CSCc1ccc(C)cc1. The fourth-order valence-electron chi connectivity index (χ4n) is 4.27. The van der Waals surface area contributed by atoms with Crippen LogP contribution in [0.25, 0.3) is 0 Å². The van der Waals surface area contributed by atoms with E-state index in [1.54, 1.807) is 28.8 Å². The zero-order chi connectivity index (χ0) is 23.6. The number of carbonyl (C=O) groups excluding carboxylic acids is 2. The summed E-state index contributed by atoms with van der Waals surface area (Å²) >= 11 is 1.55. The average Bonchev–Trinajstić information content (AvgIpc) is 2.82. The number of hydrogen-bond acceptors (Lipinski definition) is 3. The molecule has 1 fully saturated rings. The molecule has 0 spiro atoms. The predicted molar refractivity (Wildman–Crippen MR) is 133 cm³/mol. The number of benzene rings is 2. The largest absolute Gasteiger partial charge is 0.352 e. The molecule has 0 saturated heterocycles. The van der Waals surface area contributed by atoms with Crippen LogP contribution < -0.4 is 5.32 Å². The van der Waals surface area contributed by atoms with Crippen molar-refractivity contribution >= 4 is 23.6 Å². The second kappa shape index (κ2) is 12.8. The Morgan fingerprint density at radius 2 is 1.67 bits per heavy atom. The Kier molecular flexibility index (Phi) is 9.79. The number of nitrogens with zero attached hydrogens (tertiary/aromatic N) is 1. The number of halogens is 1. The van der Waals surface area contributed by atoms with Gasteiger partial charge in [-0.1, -0.05) is 68.1 Å². The van der Waals surface area contributed by atoms with Crippen LogP contribution in [0.3, 0.4) is 0 Å². The minimum Gasteiger partial charge on any atom is -0.352 e. The third-order valence-corrected chi connectivity index (χ3v) is 7.21. The molecule has 33 heavy (non-hydrogen) atoms.